The molecular formula is C25H18FIO4. The minimum Gasteiger partial charge on any atom is -0.490 e. The van der Waals surface area contributed by atoms with Crippen LogP contribution in [0.5, 0.6) is 11.5 Å². The Morgan fingerprint density at radius 2 is 1.65 bits per heavy atom. The lowest BCUT2D eigenvalue weighted by atomic mass is 10.1. The molecule has 0 aliphatic heterocycles. The Morgan fingerprint density at radius 1 is 0.935 bits per heavy atom. The summed E-state index contributed by atoms with van der Waals surface area (Å²) in [4.78, 5) is 25.4. The van der Waals surface area contributed by atoms with Gasteiger partial charge in [-0.15, -0.1) is 0 Å². The summed E-state index contributed by atoms with van der Waals surface area (Å²) in [5.41, 5.74) is 2.34. The number of ketones is 2. The van der Waals surface area contributed by atoms with Crippen molar-refractivity contribution in [1.29, 1.82) is 0 Å². The number of allylic oxidation sites excluding steroid dienone is 1. The van der Waals surface area contributed by atoms with Gasteiger partial charge in [-0.05, 0) is 71.0 Å². The van der Waals surface area contributed by atoms with Crippen LogP contribution in [0.2, 0.25) is 0 Å². The van der Waals surface area contributed by atoms with Crippen molar-refractivity contribution in [3.05, 3.63) is 97.9 Å². The second kappa shape index (κ2) is 9.01. The zero-order valence-electron chi connectivity index (χ0n) is 16.7. The first-order valence-electron chi connectivity index (χ1n) is 9.71. The van der Waals surface area contributed by atoms with Crippen LogP contribution in [0.4, 0.5) is 4.39 Å². The standard InChI is InChI=1S/C25H18FIO4/c1-2-30-22-13-16(11-20-23(28)18-8-3-4-9-19(18)24(20)29)12-21(27)25(22)31-14-15-6-5-7-17(26)10-15/h3-13H,2,14H2,1H3. The van der Waals surface area contributed by atoms with Crippen molar-refractivity contribution in [1.82, 2.24) is 0 Å². The van der Waals surface area contributed by atoms with Gasteiger partial charge in [0.05, 0.1) is 15.8 Å². The van der Waals surface area contributed by atoms with E-state index in [1.807, 2.05) is 13.0 Å². The van der Waals surface area contributed by atoms with Crippen LogP contribution in [-0.2, 0) is 6.61 Å². The van der Waals surface area contributed by atoms with Crippen LogP contribution < -0.4 is 9.47 Å². The number of rotatable bonds is 6. The number of hydrogen-bond donors (Lipinski definition) is 0. The fourth-order valence-electron chi connectivity index (χ4n) is 3.43. The average Bonchev–Trinajstić information content (AvgIpc) is 2.99. The SMILES string of the molecule is CCOc1cc(C=C2C(=O)c3ccccc3C2=O)cc(I)c1OCc1cccc(F)c1. The number of halogens is 2. The number of hydrogen-bond acceptors (Lipinski definition) is 4. The van der Waals surface area contributed by atoms with Gasteiger partial charge >= 0.3 is 0 Å². The van der Waals surface area contributed by atoms with Gasteiger partial charge in [-0.2, -0.15) is 0 Å². The van der Waals surface area contributed by atoms with Crippen molar-refractivity contribution >= 4 is 40.2 Å². The van der Waals surface area contributed by atoms with Crippen LogP contribution in [0.15, 0.2) is 66.2 Å². The molecule has 0 radical (unpaired) electrons. The third-order valence-electron chi connectivity index (χ3n) is 4.82. The molecule has 1 aliphatic carbocycles. The lowest BCUT2D eigenvalue weighted by Gasteiger charge is -2.15. The third kappa shape index (κ3) is 4.39. The summed E-state index contributed by atoms with van der Waals surface area (Å²) in [5, 5.41) is 0. The minimum atomic E-state index is -0.324. The predicted molar refractivity (Wildman–Crippen MR) is 124 cm³/mol. The van der Waals surface area contributed by atoms with Crippen LogP contribution in [0.1, 0.15) is 38.8 Å². The molecule has 1 aliphatic rings. The van der Waals surface area contributed by atoms with Gasteiger partial charge in [0, 0.05) is 11.1 Å². The van der Waals surface area contributed by atoms with Gasteiger partial charge < -0.3 is 9.47 Å². The Balaban J connectivity index is 1.65. The zero-order chi connectivity index (χ0) is 22.0. The van der Waals surface area contributed by atoms with E-state index in [1.54, 1.807) is 48.5 Å². The Hall–Kier alpha value is -3.00. The molecule has 6 heteroatoms. The van der Waals surface area contributed by atoms with E-state index in [9.17, 15) is 14.0 Å². The highest BCUT2D eigenvalue weighted by Gasteiger charge is 2.32. The number of carbonyl (C=O) groups is 2. The second-order valence-electron chi connectivity index (χ2n) is 6.94. The number of fused-ring (bicyclic) bond motifs is 1. The number of carbonyl (C=O) groups excluding carboxylic acids is 2. The maximum atomic E-state index is 13.4. The van der Waals surface area contributed by atoms with Crippen LogP contribution in [0.3, 0.4) is 0 Å². The molecule has 3 aromatic rings. The molecule has 0 amide bonds. The number of benzene rings is 3. The Kier molecular flexibility index (Phi) is 6.18. The molecule has 0 spiro atoms. The quantitative estimate of drug-likeness (QED) is 0.228. The molecule has 0 saturated carbocycles. The van der Waals surface area contributed by atoms with Gasteiger partial charge in [-0.1, -0.05) is 36.4 Å². The molecule has 156 valence electrons. The molecule has 0 fully saturated rings. The average molecular weight is 528 g/mol. The Morgan fingerprint density at radius 3 is 2.29 bits per heavy atom. The summed E-state index contributed by atoms with van der Waals surface area (Å²) in [7, 11) is 0. The van der Waals surface area contributed by atoms with Crippen LogP contribution in [-0.4, -0.2) is 18.2 Å². The smallest absolute Gasteiger partial charge is 0.197 e. The minimum absolute atomic E-state index is 0.132. The first kappa shape index (κ1) is 21.2. The molecule has 4 nitrogen and oxygen atoms in total. The summed E-state index contributed by atoms with van der Waals surface area (Å²) in [5.74, 6) is 0.143. The van der Waals surface area contributed by atoms with Crippen LogP contribution in [0.25, 0.3) is 6.08 Å². The Labute approximate surface area is 192 Å². The molecule has 31 heavy (non-hydrogen) atoms. The third-order valence-corrected chi connectivity index (χ3v) is 5.62. The summed E-state index contributed by atoms with van der Waals surface area (Å²) >= 11 is 2.12. The van der Waals surface area contributed by atoms with Crippen molar-refractivity contribution in [3.8, 4) is 11.5 Å². The first-order valence-corrected chi connectivity index (χ1v) is 10.8. The van der Waals surface area contributed by atoms with Gasteiger partial charge in [0.15, 0.2) is 23.1 Å². The maximum absolute atomic E-state index is 13.4. The molecule has 0 aromatic heterocycles. The normalized spacial score (nSPS) is 12.7. The van der Waals surface area contributed by atoms with Crippen molar-refractivity contribution in [2.75, 3.05) is 6.61 Å². The molecule has 0 saturated heterocycles. The van der Waals surface area contributed by atoms with E-state index in [-0.39, 0.29) is 29.6 Å². The summed E-state index contributed by atoms with van der Waals surface area (Å²) in [6.07, 6.45) is 1.59. The lowest BCUT2D eigenvalue weighted by Crippen LogP contribution is -2.03. The summed E-state index contributed by atoms with van der Waals surface area (Å²) in [6.45, 7) is 2.45. The van der Waals surface area contributed by atoms with E-state index in [1.165, 1.54) is 12.1 Å². The maximum Gasteiger partial charge on any atom is 0.197 e. The molecular weight excluding hydrogens is 510 g/mol. The fraction of sp³-hybridized carbons (Fsp3) is 0.120. The molecule has 0 N–H and O–H groups in total. The molecule has 0 unspecified atom stereocenters. The van der Waals surface area contributed by atoms with E-state index in [4.69, 9.17) is 9.47 Å². The van der Waals surface area contributed by atoms with Gasteiger partial charge in [0.25, 0.3) is 0 Å². The topological polar surface area (TPSA) is 52.6 Å². The monoisotopic (exact) mass is 528 g/mol. The second-order valence-corrected chi connectivity index (χ2v) is 8.11. The van der Waals surface area contributed by atoms with Crippen molar-refractivity contribution in [2.24, 2.45) is 0 Å². The zero-order valence-corrected chi connectivity index (χ0v) is 18.8. The molecule has 3 aromatic carbocycles. The predicted octanol–water partition coefficient (Wildman–Crippen LogP) is 5.87. The van der Waals surface area contributed by atoms with E-state index in [0.29, 0.717) is 40.4 Å². The number of ether oxygens (including phenoxy) is 2. The molecule has 0 heterocycles. The first-order chi connectivity index (χ1) is 15.0. The van der Waals surface area contributed by atoms with E-state index in [0.717, 1.165) is 3.57 Å². The fourth-order valence-corrected chi connectivity index (χ4v) is 4.21. The highest BCUT2D eigenvalue weighted by Crippen LogP contribution is 2.36. The molecule has 0 bridgehead atoms. The van der Waals surface area contributed by atoms with Crippen LogP contribution in [0, 0.1) is 9.39 Å². The largest absolute Gasteiger partial charge is 0.490 e. The van der Waals surface area contributed by atoms with E-state index >= 15 is 0 Å². The van der Waals surface area contributed by atoms with Crippen molar-refractivity contribution in [2.45, 2.75) is 13.5 Å². The van der Waals surface area contributed by atoms with Gasteiger partial charge in [-0.25, -0.2) is 4.39 Å². The van der Waals surface area contributed by atoms with E-state index in [2.05, 4.69) is 22.6 Å². The van der Waals surface area contributed by atoms with Gasteiger partial charge in [0.2, 0.25) is 0 Å². The van der Waals surface area contributed by atoms with Crippen molar-refractivity contribution < 1.29 is 23.5 Å². The Bertz CT molecular complexity index is 1180. The van der Waals surface area contributed by atoms with Crippen molar-refractivity contribution in [3.63, 3.8) is 0 Å². The highest BCUT2D eigenvalue weighted by molar-refractivity contribution is 14.1. The van der Waals surface area contributed by atoms with E-state index < -0.39 is 0 Å². The summed E-state index contributed by atoms with van der Waals surface area (Å²) in [6, 6.07) is 16.6. The lowest BCUT2D eigenvalue weighted by molar-refractivity contribution is 0.0990. The highest BCUT2D eigenvalue weighted by atomic mass is 127. The van der Waals surface area contributed by atoms with Gasteiger partial charge in [-0.3, -0.25) is 9.59 Å². The molecule has 0 atom stereocenters. The summed E-state index contributed by atoms with van der Waals surface area (Å²) < 4.78 is 25.9. The van der Waals surface area contributed by atoms with Crippen LogP contribution >= 0.6 is 22.6 Å². The molecule has 4 rings (SSSR count). The number of Topliss-reactive ketones (excluding diaryl/α,β-unsaturated/α-hetero) is 2. The van der Waals surface area contributed by atoms with Gasteiger partial charge in [0.1, 0.15) is 12.4 Å².